The number of aliphatic hydroxyl groups excluding tert-OH is 1. The van der Waals surface area contributed by atoms with Gasteiger partial charge in [-0.3, -0.25) is 10.2 Å². The van der Waals surface area contributed by atoms with Gasteiger partial charge >= 0.3 is 0 Å². The molecule has 1 aliphatic rings. The summed E-state index contributed by atoms with van der Waals surface area (Å²) in [5, 5.41) is 16.9. The molecule has 7 heteroatoms. The molecule has 1 unspecified atom stereocenters. The number of rotatable bonds is 2. The van der Waals surface area contributed by atoms with Crippen molar-refractivity contribution >= 4 is 17.7 Å². The lowest BCUT2D eigenvalue weighted by molar-refractivity contribution is -0.117. The Morgan fingerprint density at radius 1 is 1.64 bits per heavy atom. The van der Waals surface area contributed by atoms with E-state index in [2.05, 4.69) is 15.6 Å². The van der Waals surface area contributed by atoms with Crippen LogP contribution in [-0.2, 0) is 4.79 Å². The Balaban J connectivity index is 2.23. The number of nitrogens with one attached hydrogen (secondary N) is 1. The van der Waals surface area contributed by atoms with Crippen molar-refractivity contribution in [1.82, 2.24) is 14.9 Å². The number of hydrogen-bond donors (Lipinski definition) is 2. The van der Waals surface area contributed by atoms with Crippen LogP contribution in [0.4, 0.5) is 0 Å². The maximum Gasteiger partial charge on any atom is 0.252 e. The van der Waals surface area contributed by atoms with E-state index in [0.29, 0.717) is 17.4 Å². The van der Waals surface area contributed by atoms with Gasteiger partial charge in [-0.15, -0.1) is 10.2 Å². The maximum atomic E-state index is 11.5. The fourth-order valence-corrected chi connectivity index (χ4v) is 2.23. The van der Waals surface area contributed by atoms with Gasteiger partial charge in [0.2, 0.25) is 5.16 Å². The predicted molar refractivity (Wildman–Crippen MR) is 50.5 cm³/mol. The van der Waals surface area contributed by atoms with Crippen LogP contribution in [0.15, 0.2) is 5.16 Å². The Kier molecular flexibility index (Phi) is 2.42. The Morgan fingerprint density at radius 3 is 3.14 bits per heavy atom. The minimum absolute atomic E-state index is 0.00178. The third-order valence-corrected chi connectivity index (χ3v) is 3.16. The number of amides is 1. The molecule has 1 aliphatic heterocycles. The Morgan fingerprint density at radius 2 is 2.43 bits per heavy atom. The summed E-state index contributed by atoms with van der Waals surface area (Å²) in [6, 6.07) is 0. The van der Waals surface area contributed by atoms with Gasteiger partial charge < -0.3 is 5.11 Å². The molecule has 0 radical (unpaired) electrons. The predicted octanol–water partition coefficient (Wildman–Crippen LogP) is -0.487. The minimum atomic E-state index is -0.268. The zero-order valence-electron chi connectivity index (χ0n) is 7.60. The molecule has 14 heavy (non-hydrogen) atoms. The molecule has 0 saturated carbocycles. The first kappa shape index (κ1) is 9.47. The van der Waals surface area contributed by atoms with Gasteiger partial charge in [-0.25, -0.2) is 4.68 Å². The van der Waals surface area contributed by atoms with Crippen LogP contribution in [0.25, 0.3) is 0 Å². The van der Waals surface area contributed by atoms with Gasteiger partial charge in [0.15, 0.2) is 0 Å². The summed E-state index contributed by atoms with van der Waals surface area (Å²) in [6.07, 6.45) is 0.433. The molecule has 2 rings (SSSR count). The lowest BCUT2D eigenvalue weighted by Crippen LogP contribution is -2.37. The summed E-state index contributed by atoms with van der Waals surface area (Å²) in [5.41, 5.74) is 2.66. The summed E-state index contributed by atoms with van der Waals surface area (Å²) in [4.78, 5) is 11.5. The van der Waals surface area contributed by atoms with E-state index in [4.69, 9.17) is 5.11 Å². The monoisotopic (exact) mass is 214 g/mol. The van der Waals surface area contributed by atoms with Gasteiger partial charge in [0.25, 0.3) is 5.91 Å². The average molecular weight is 214 g/mol. The summed E-state index contributed by atoms with van der Waals surface area (Å²) < 4.78 is 1.56. The maximum absolute atomic E-state index is 11.5. The van der Waals surface area contributed by atoms with Crippen LogP contribution in [0.2, 0.25) is 0 Å². The molecular formula is C7H10N4O2S. The summed E-state index contributed by atoms with van der Waals surface area (Å²) >= 11 is 1.33. The van der Waals surface area contributed by atoms with E-state index in [1.54, 1.807) is 11.6 Å². The van der Waals surface area contributed by atoms with Crippen molar-refractivity contribution in [3.05, 3.63) is 5.82 Å². The van der Waals surface area contributed by atoms with E-state index in [9.17, 15) is 4.79 Å². The highest BCUT2D eigenvalue weighted by Gasteiger charge is 2.28. The fraction of sp³-hybridized carbons (Fsp3) is 0.571. The number of hydrogen-bond acceptors (Lipinski definition) is 5. The van der Waals surface area contributed by atoms with Crippen LogP contribution in [0, 0.1) is 6.92 Å². The standard InChI is InChI=1S/C7H10N4O2S/c1-4-8-9-7-11(4)10-6(13)5(14-7)2-3-12/h5,12H,2-3H2,1H3,(H,10,13). The highest BCUT2D eigenvalue weighted by atomic mass is 32.2. The first-order valence-electron chi connectivity index (χ1n) is 4.23. The van der Waals surface area contributed by atoms with E-state index in [1.165, 1.54) is 11.8 Å². The Hall–Kier alpha value is -1.08. The number of aromatic nitrogens is 3. The molecule has 0 saturated heterocycles. The van der Waals surface area contributed by atoms with Crippen molar-refractivity contribution in [3.8, 4) is 0 Å². The largest absolute Gasteiger partial charge is 0.396 e. The number of carbonyl (C=O) groups is 1. The van der Waals surface area contributed by atoms with Crippen LogP contribution < -0.4 is 5.43 Å². The molecule has 0 bridgehead atoms. The van der Waals surface area contributed by atoms with Crippen molar-refractivity contribution in [2.24, 2.45) is 0 Å². The molecule has 0 spiro atoms. The summed E-state index contributed by atoms with van der Waals surface area (Å²) in [7, 11) is 0. The molecule has 1 atom stereocenters. The van der Waals surface area contributed by atoms with Crippen molar-refractivity contribution in [2.45, 2.75) is 23.8 Å². The molecule has 2 N–H and O–H groups in total. The van der Waals surface area contributed by atoms with Gasteiger partial charge in [0, 0.05) is 6.61 Å². The van der Waals surface area contributed by atoms with E-state index in [1.807, 2.05) is 0 Å². The quantitative estimate of drug-likeness (QED) is 0.694. The van der Waals surface area contributed by atoms with Crippen LogP contribution >= 0.6 is 11.8 Å². The number of carbonyl (C=O) groups excluding carboxylic acids is 1. The highest BCUT2D eigenvalue weighted by molar-refractivity contribution is 8.00. The van der Waals surface area contributed by atoms with Crippen LogP contribution in [0.3, 0.4) is 0 Å². The fourth-order valence-electron chi connectivity index (χ4n) is 1.22. The third kappa shape index (κ3) is 1.48. The first-order valence-corrected chi connectivity index (χ1v) is 5.10. The van der Waals surface area contributed by atoms with E-state index in [0.717, 1.165) is 0 Å². The van der Waals surface area contributed by atoms with Gasteiger partial charge in [0.05, 0.1) is 5.25 Å². The SMILES string of the molecule is Cc1nnc2n1NC(=O)C(CCO)S2. The van der Waals surface area contributed by atoms with Crippen molar-refractivity contribution in [3.63, 3.8) is 0 Å². The molecule has 0 aromatic carbocycles. The topological polar surface area (TPSA) is 80.0 Å². The number of aliphatic hydroxyl groups is 1. The second kappa shape index (κ2) is 3.58. The van der Waals surface area contributed by atoms with Gasteiger partial charge in [-0.1, -0.05) is 11.8 Å². The van der Waals surface area contributed by atoms with Crippen LogP contribution in [0.5, 0.6) is 0 Å². The van der Waals surface area contributed by atoms with Gasteiger partial charge in [-0.2, -0.15) is 0 Å². The highest BCUT2D eigenvalue weighted by Crippen LogP contribution is 2.27. The minimum Gasteiger partial charge on any atom is -0.396 e. The zero-order valence-corrected chi connectivity index (χ0v) is 8.41. The van der Waals surface area contributed by atoms with Crippen molar-refractivity contribution < 1.29 is 9.90 Å². The number of nitrogens with zero attached hydrogens (tertiary/aromatic N) is 3. The number of thioether (sulfide) groups is 1. The Bertz CT molecular complexity index is 365. The van der Waals surface area contributed by atoms with Gasteiger partial charge in [-0.05, 0) is 13.3 Å². The molecule has 6 nitrogen and oxygen atoms in total. The molecule has 1 aromatic rings. The second-order valence-corrected chi connectivity index (χ2v) is 4.13. The second-order valence-electron chi connectivity index (χ2n) is 2.96. The van der Waals surface area contributed by atoms with Crippen molar-refractivity contribution in [1.29, 1.82) is 0 Å². The third-order valence-electron chi connectivity index (χ3n) is 1.95. The van der Waals surface area contributed by atoms with Gasteiger partial charge in [0.1, 0.15) is 5.82 Å². The molecule has 76 valence electrons. The summed E-state index contributed by atoms with van der Waals surface area (Å²) in [6.45, 7) is 1.77. The lowest BCUT2D eigenvalue weighted by atomic mass is 10.3. The molecule has 0 fully saturated rings. The van der Waals surface area contributed by atoms with E-state index in [-0.39, 0.29) is 17.8 Å². The Labute approximate surface area is 84.7 Å². The van der Waals surface area contributed by atoms with Crippen LogP contribution in [-0.4, -0.2) is 37.7 Å². The van der Waals surface area contributed by atoms with E-state index >= 15 is 0 Å². The molecule has 1 amide bonds. The lowest BCUT2D eigenvalue weighted by Gasteiger charge is -2.21. The molecule has 1 aromatic heterocycles. The smallest absolute Gasteiger partial charge is 0.252 e. The number of fused-ring (bicyclic) bond motifs is 1. The molecular weight excluding hydrogens is 204 g/mol. The first-order chi connectivity index (χ1) is 6.72. The molecule has 2 heterocycles. The molecule has 0 aliphatic carbocycles. The number of aryl methyl sites for hydroxylation is 1. The average Bonchev–Trinajstić information content (AvgIpc) is 2.50. The van der Waals surface area contributed by atoms with Crippen molar-refractivity contribution in [2.75, 3.05) is 12.0 Å². The van der Waals surface area contributed by atoms with Crippen LogP contribution in [0.1, 0.15) is 12.2 Å². The summed E-state index contributed by atoms with van der Waals surface area (Å²) in [5.74, 6) is 0.544. The van der Waals surface area contributed by atoms with E-state index < -0.39 is 0 Å². The zero-order chi connectivity index (χ0) is 10.1. The normalized spacial score (nSPS) is 20.4.